The number of rotatable bonds is 10. The van der Waals surface area contributed by atoms with Crippen LogP contribution in [0, 0.1) is 5.92 Å². The van der Waals surface area contributed by atoms with Gasteiger partial charge in [0.25, 0.3) is 0 Å². The van der Waals surface area contributed by atoms with Crippen LogP contribution in [0.5, 0.6) is 0 Å². The van der Waals surface area contributed by atoms with E-state index in [1.165, 1.54) is 18.2 Å². The fourth-order valence-corrected chi connectivity index (χ4v) is 4.87. The largest absolute Gasteiger partial charge is 0.481 e. The molecule has 1 atom stereocenters. The molecular weight excluding hydrogens is 436 g/mol. The van der Waals surface area contributed by atoms with Crippen LogP contribution in [0.1, 0.15) is 42.7 Å². The first kappa shape index (κ1) is 23.8. The number of benzene rings is 2. The van der Waals surface area contributed by atoms with Crippen molar-refractivity contribution in [3.63, 3.8) is 0 Å². The molecule has 0 bridgehead atoms. The van der Waals surface area contributed by atoms with Crippen LogP contribution < -0.4 is 10.6 Å². The highest BCUT2D eigenvalue weighted by atomic mass is 16.5. The average Bonchev–Trinajstić information content (AvgIpc) is 3.12. The highest BCUT2D eigenvalue weighted by Crippen LogP contribution is 2.44. The number of fused-ring (bicyclic) bond motifs is 3. The number of carboxylic acids is 1. The van der Waals surface area contributed by atoms with Crippen molar-refractivity contribution in [1.82, 2.24) is 10.6 Å². The Morgan fingerprint density at radius 1 is 1.03 bits per heavy atom. The molecule has 1 saturated carbocycles. The lowest BCUT2D eigenvalue weighted by Gasteiger charge is -2.35. The van der Waals surface area contributed by atoms with E-state index < -0.39 is 18.2 Å². The highest BCUT2D eigenvalue weighted by molar-refractivity contribution is 5.81. The van der Waals surface area contributed by atoms with Crippen molar-refractivity contribution in [1.29, 1.82) is 0 Å². The molecule has 0 radical (unpaired) electrons. The summed E-state index contributed by atoms with van der Waals surface area (Å²) in [5, 5.41) is 14.4. The topological polar surface area (TPSA) is 114 Å². The van der Waals surface area contributed by atoms with Gasteiger partial charge in [0.2, 0.25) is 5.91 Å². The van der Waals surface area contributed by atoms with Crippen molar-refractivity contribution in [3.8, 4) is 11.1 Å². The van der Waals surface area contributed by atoms with Crippen LogP contribution in [0.4, 0.5) is 4.79 Å². The maximum Gasteiger partial charge on any atom is 0.407 e. The smallest absolute Gasteiger partial charge is 0.407 e. The predicted octanol–water partition coefficient (Wildman–Crippen LogP) is 3.30. The summed E-state index contributed by atoms with van der Waals surface area (Å²) in [5.74, 6) is -0.971. The quantitative estimate of drug-likeness (QED) is 0.495. The number of carbonyl (C=O) groups excluding carboxylic acids is 2. The van der Waals surface area contributed by atoms with Crippen LogP contribution in [0.25, 0.3) is 11.1 Å². The molecule has 1 fully saturated rings. The third kappa shape index (κ3) is 5.39. The van der Waals surface area contributed by atoms with Gasteiger partial charge in [-0.3, -0.25) is 9.59 Å². The van der Waals surface area contributed by atoms with E-state index in [1.54, 1.807) is 0 Å². The third-order valence-electron chi connectivity index (χ3n) is 6.64. The molecule has 0 heterocycles. The van der Waals surface area contributed by atoms with Crippen molar-refractivity contribution in [3.05, 3.63) is 59.7 Å². The van der Waals surface area contributed by atoms with Gasteiger partial charge in [0.15, 0.2) is 0 Å². The molecule has 8 heteroatoms. The van der Waals surface area contributed by atoms with Gasteiger partial charge in [-0.25, -0.2) is 4.79 Å². The predicted molar refractivity (Wildman–Crippen MR) is 125 cm³/mol. The lowest BCUT2D eigenvalue weighted by molar-refractivity contribution is -0.139. The molecule has 1 unspecified atom stereocenters. The van der Waals surface area contributed by atoms with Crippen LogP contribution in [0.3, 0.4) is 0 Å². The molecule has 2 amide bonds. The Balaban J connectivity index is 1.20. The molecular formula is C26H30N2O6. The summed E-state index contributed by atoms with van der Waals surface area (Å²) in [6.07, 6.45) is 0.515. The minimum absolute atomic E-state index is 0.0110. The van der Waals surface area contributed by atoms with Gasteiger partial charge in [-0.2, -0.15) is 0 Å². The standard InChI is InChI=1S/C26H30N2O6/c1-33-23(25(31)28-17-12-16(13-17)14-24(29)30)10-11-27-26(32)34-15-22-20-8-4-2-6-18(20)19-7-3-5-9-21(19)22/h2-9,16-17,22-23H,10-15H2,1H3,(H,27,32)(H,28,31)(H,29,30). The van der Waals surface area contributed by atoms with Crippen molar-refractivity contribution in [2.45, 2.75) is 43.7 Å². The van der Waals surface area contributed by atoms with E-state index >= 15 is 0 Å². The molecule has 3 N–H and O–H groups in total. The Kier molecular flexibility index (Phi) is 7.47. The first-order valence-electron chi connectivity index (χ1n) is 11.6. The van der Waals surface area contributed by atoms with E-state index in [9.17, 15) is 14.4 Å². The van der Waals surface area contributed by atoms with Crippen LogP contribution in [0.2, 0.25) is 0 Å². The van der Waals surface area contributed by atoms with Crippen LogP contribution in [-0.2, 0) is 19.1 Å². The number of hydrogen-bond donors (Lipinski definition) is 3. The van der Waals surface area contributed by atoms with Gasteiger partial charge in [0.1, 0.15) is 12.7 Å². The summed E-state index contributed by atoms with van der Waals surface area (Å²) in [6.45, 7) is 0.460. The van der Waals surface area contributed by atoms with Gasteiger partial charge in [0, 0.05) is 38.5 Å². The Labute approximate surface area is 198 Å². The van der Waals surface area contributed by atoms with Crippen molar-refractivity contribution in [2.75, 3.05) is 20.3 Å². The molecule has 0 aliphatic heterocycles. The van der Waals surface area contributed by atoms with Crippen LogP contribution >= 0.6 is 0 Å². The first-order chi connectivity index (χ1) is 16.5. The van der Waals surface area contributed by atoms with Crippen molar-refractivity contribution >= 4 is 18.0 Å². The van der Waals surface area contributed by atoms with E-state index in [0.717, 1.165) is 11.1 Å². The molecule has 0 spiro atoms. The number of hydrogen-bond acceptors (Lipinski definition) is 5. The number of carbonyl (C=O) groups is 3. The molecule has 2 aromatic rings. The van der Waals surface area contributed by atoms with Crippen LogP contribution in [0.15, 0.2) is 48.5 Å². The monoisotopic (exact) mass is 466 g/mol. The number of amides is 2. The third-order valence-corrected chi connectivity index (χ3v) is 6.64. The molecule has 0 aromatic heterocycles. The van der Waals surface area contributed by atoms with Crippen molar-refractivity contribution < 1.29 is 29.0 Å². The Morgan fingerprint density at radius 2 is 1.65 bits per heavy atom. The maximum atomic E-state index is 12.4. The van der Waals surface area contributed by atoms with Gasteiger partial charge in [-0.15, -0.1) is 0 Å². The van der Waals surface area contributed by atoms with E-state index in [0.29, 0.717) is 19.3 Å². The highest BCUT2D eigenvalue weighted by Gasteiger charge is 2.33. The summed E-state index contributed by atoms with van der Waals surface area (Å²) in [6, 6.07) is 16.3. The number of aliphatic carboxylic acids is 1. The molecule has 2 aromatic carbocycles. The second kappa shape index (κ2) is 10.7. The van der Waals surface area contributed by atoms with E-state index in [2.05, 4.69) is 34.9 Å². The number of ether oxygens (including phenoxy) is 2. The fraction of sp³-hybridized carbons (Fsp3) is 0.423. The summed E-state index contributed by atoms with van der Waals surface area (Å²) >= 11 is 0. The second-order valence-corrected chi connectivity index (χ2v) is 8.91. The lowest BCUT2D eigenvalue weighted by atomic mass is 9.78. The van der Waals surface area contributed by atoms with Gasteiger partial charge in [0.05, 0.1) is 0 Å². The summed E-state index contributed by atoms with van der Waals surface area (Å²) in [4.78, 5) is 35.5. The minimum Gasteiger partial charge on any atom is -0.481 e. The Hall–Kier alpha value is -3.39. The normalized spacial score (nSPS) is 19.3. The lowest BCUT2D eigenvalue weighted by Crippen LogP contribution is -2.49. The molecule has 2 aliphatic carbocycles. The molecule has 8 nitrogen and oxygen atoms in total. The maximum absolute atomic E-state index is 12.4. The van der Waals surface area contributed by atoms with E-state index in [4.69, 9.17) is 14.6 Å². The van der Waals surface area contributed by atoms with Gasteiger partial charge < -0.3 is 25.2 Å². The van der Waals surface area contributed by atoms with Crippen molar-refractivity contribution in [2.24, 2.45) is 5.92 Å². The fourth-order valence-electron chi connectivity index (χ4n) is 4.87. The van der Waals surface area contributed by atoms with Gasteiger partial charge >= 0.3 is 12.1 Å². The van der Waals surface area contributed by atoms with E-state index in [1.807, 2.05) is 24.3 Å². The zero-order chi connectivity index (χ0) is 24.1. The second-order valence-electron chi connectivity index (χ2n) is 8.91. The molecule has 2 aliphatic rings. The minimum atomic E-state index is -0.816. The SMILES string of the molecule is COC(CCNC(=O)OCC1c2ccccc2-c2ccccc21)C(=O)NC1CC(CC(=O)O)C1. The molecule has 4 rings (SSSR count). The first-order valence-corrected chi connectivity index (χ1v) is 11.6. The average molecular weight is 467 g/mol. The summed E-state index contributed by atoms with van der Waals surface area (Å²) < 4.78 is 10.8. The summed E-state index contributed by atoms with van der Waals surface area (Å²) in [7, 11) is 1.45. The van der Waals surface area contributed by atoms with Crippen LogP contribution in [-0.4, -0.2) is 55.5 Å². The van der Waals surface area contributed by atoms with Gasteiger partial charge in [-0.1, -0.05) is 48.5 Å². The number of nitrogens with one attached hydrogen (secondary N) is 2. The molecule has 180 valence electrons. The Bertz CT molecular complexity index is 1000. The Morgan fingerprint density at radius 3 is 2.24 bits per heavy atom. The van der Waals surface area contributed by atoms with E-state index in [-0.39, 0.29) is 43.4 Å². The number of carboxylic acid groups (broad SMARTS) is 1. The van der Waals surface area contributed by atoms with Gasteiger partial charge in [-0.05, 0) is 41.0 Å². The zero-order valence-electron chi connectivity index (χ0n) is 19.2. The molecule has 34 heavy (non-hydrogen) atoms. The molecule has 0 saturated heterocycles. The number of methoxy groups -OCH3 is 1. The zero-order valence-corrected chi connectivity index (χ0v) is 19.2. The number of alkyl carbamates (subject to hydrolysis) is 1. The summed E-state index contributed by atoms with van der Waals surface area (Å²) in [5.41, 5.74) is 4.63.